The van der Waals surface area contributed by atoms with Crippen molar-refractivity contribution in [2.45, 2.75) is 135 Å². The van der Waals surface area contributed by atoms with Crippen LogP contribution >= 0.6 is 0 Å². The van der Waals surface area contributed by atoms with Crippen molar-refractivity contribution in [2.75, 3.05) is 19.8 Å². The molecule has 0 aliphatic heterocycles. The Kier molecular flexibility index (Phi) is 17.3. The maximum atomic E-state index is 10.1. The third-order valence-electron chi connectivity index (χ3n) is 7.44. The van der Waals surface area contributed by atoms with E-state index in [0.717, 1.165) is 25.7 Å². The molecule has 0 aromatic heterocycles. The zero-order valence-corrected chi connectivity index (χ0v) is 19.4. The molecule has 3 N–H and O–H groups in total. The normalized spacial score (nSPS) is 26.0. The van der Waals surface area contributed by atoms with Gasteiger partial charge in [-0.2, -0.15) is 0 Å². The molecule has 174 valence electrons. The fraction of sp³-hybridized carbons (Fsp3) is 1.00. The molecule has 1 fully saturated rings. The highest BCUT2D eigenvalue weighted by molar-refractivity contribution is 4.85. The molecule has 1 unspecified atom stereocenters. The molecule has 0 aromatic rings. The van der Waals surface area contributed by atoms with Crippen LogP contribution in [-0.2, 0) is 0 Å². The Balaban J connectivity index is 2.44. The van der Waals surface area contributed by atoms with Crippen LogP contribution in [0.3, 0.4) is 0 Å². The molecule has 0 bridgehead atoms. The van der Waals surface area contributed by atoms with Crippen LogP contribution in [0.25, 0.3) is 0 Å². The molecule has 1 atom stereocenters. The fourth-order valence-corrected chi connectivity index (χ4v) is 5.13. The van der Waals surface area contributed by atoms with Gasteiger partial charge in [-0.3, -0.25) is 0 Å². The van der Waals surface area contributed by atoms with Gasteiger partial charge in [-0.05, 0) is 18.8 Å². The molecule has 0 amide bonds. The number of hydrogen-bond donors (Lipinski definition) is 3. The molecule has 1 aliphatic carbocycles. The summed E-state index contributed by atoms with van der Waals surface area (Å²) in [5.74, 6) is 0.0270. The first kappa shape index (κ1) is 26.9. The molecular formula is C26H52O3. The van der Waals surface area contributed by atoms with Crippen LogP contribution in [0.2, 0.25) is 0 Å². The van der Waals surface area contributed by atoms with E-state index in [0.29, 0.717) is 0 Å². The molecule has 0 heterocycles. The second-order valence-corrected chi connectivity index (χ2v) is 9.81. The van der Waals surface area contributed by atoms with Crippen LogP contribution in [0, 0.1) is 11.3 Å². The van der Waals surface area contributed by atoms with Gasteiger partial charge in [0.1, 0.15) is 0 Å². The molecular weight excluding hydrogens is 360 g/mol. The second-order valence-electron chi connectivity index (χ2n) is 9.81. The maximum absolute atomic E-state index is 10.1. The van der Waals surface area contributed by atoms with Crippen LogP contribution < -0.4 is 0 Å². The lowest BCUT2D eigenvalue weighted by Gasteiger charge is -2.37. The van der Waals surface area contributed by atoms with E-state index in [1.165, 1.54) is 109 Å². The molecule has 0 spiro atoms. The third kappa shape index (κ3) is 12.4. The summed E-state index contributed by atoms with van der Waals surface area (Å²) in [7, 11) is 0. The highest BCUT2D eigenvalue weighted by atomic mass is 16.3. The first-order valence-corrected chi connectivity index (χ1v) is 13.1. The molecule has 1 aliphatic rings. The van der Waals surface area contributed by atoms with Crippen molar-refractivity contribution >= 4 is 0 Å². The standard InChI is InChI=1S/C26H52O3/c27-22-25-20-18-16-14-12-10-8-6-4-2-1-3-5-7-9-11-13-15-17-19-21-26(25,23-28)24-29/h25,27-29H,1-24H2. The van der Waals surface area contributed by atoms with Crippen molar-refractivity contribution in [3.8, 4) is 0 Å². The van der Waals surface area contributed by atoms with Crippen LogP contribution in [0.4, 0.5) is 0 Å². The Morgan fingerprint density at radius 1 is 0.448 bits per heavy atom. The van der Waals surface area contributed by atoms with Crippen LogP contribution in [-0.4, -0.2) is 35.1 Å². The average molecular weight is 413 g/mol. The fourth-order valence-electron chi connectivity index (χ4n) is 5.13. The van der Waals surface area contributed by atoms with E-state index in [1.54, 1.807) is 0 Å². The van der Waals surface area contributed by atoms with Gasteiger partial charge in [-0.25, -0.2) is 0 Å². The third-order valence-corrected chi connectivity index (χ3v) is 7.44. The topological polar surface area (TPSA) is 60.7 Å². The summed E-state index contributed by atoms with van der Waals surface area (Å²) in [6, 6.07) is 0. The van der Waals surface area contributed by atoms with Crippen LogP contribution in [0.15, 0.2) is 0 Å². The first-order valence-electron chi connectivity index (χ1n) is 13.1. The maximum Gasteiger partial charge on any atom is 0.0512 e. The second kappa shape index (κ2) is 18.6. The van der Waals surface area contributed by atoms with Gasteiger partial charge in [0.2, 0.25) is 0 Å². The molecule has 29 heavy (non-hydrogen) atoms. The molecule has 3 heteroatoms. The average Bonchev–Trinajstić information content (AvgIpc) is 2.75. The summed E-state index contributed by atoms with van der Waals surface area (Å²) in [5.41, 5.74) is -0.496. The minimum Gasteiger partial charge on any atom is -0.396 e. The van der Waals surface area contributed by atoms with Gasteiger partial charge in [0.25, 0.3) is 0 Å². The lowest BCUT2D eigenvalue weighted by Crippen LogP contribution is -2.40. The number of aliphatic hydroxyl groups is 3. The van der Waals surface area contributed by atoms with Gasteiger partial charge in [-0.1, -0.05) is 122 Å². The number of hydrogen-bond acceptors (Lipinski definition) is 3. The quantitative estimate of drug-likeness (QED) is 0.479. The minimum atomic E-state index is -0.496. The van der Waals surface area contributed by atoms with Crippen molar-refractivity contribution in [1.82, 2.24) is 0 Å². The monoisotopic (exact) mass is 412 g/mol. The molecule has 3 nitrogen and oxygen atoms in total. The Labute approximate surface area is 181 Å². The number of rotatable bonds is 3. The molecule has 1 rings (SSSR count). The van der Waals surface area contributed by atoms with E-state index < -0.39 is 5.41 Å². The Morgan fingerprint density at radius 3 is 1.07 bits per heavy atom. The van der Waals surface area contributed by atoms with Gasteiger partial charge in [0.05, 0.1) is 13.2 Å². The van der Waals surface area contributed by atoms with Gasteiger partial charge in [-0.15, -0.1) is 0 Å². The minimum absolute atomic E-state index is 0.00523. The zero-order chi connectivity index (χ0) is 21.0. The van der Waals surface area contributed by atoms with Gasteiger partial charge in [0.15, 0.2) is 0 Å². The van der Waals surface area contributed by atoms with Crippen LogP contribution in [0.1, 0.15) is 135 Å². The van der Waals surface area contributed by atoms with Crippen molar-refractivity contribution in [3.63, 3.8) is 0 Å². The summed E-state index contributed by atoms with van der Waals surface area (Å²) in [4.78, 5) is 0. The van der Waals surface area contributed by atoms with E-state index in [2.05, 4.69) is 0 Å². The van der Waals surface area contributed by atoms with Crippen molar-refractivity contribution in [3.05, 3.63) is 0 Å². The lowest BCUT2D eigenvalue weighted by molar-refractivity contribution is -0.0303. The van der Waals surface area contributed by atoms with E-state index in [-0.39, 0.29) is 25.7 Å². The summed E-state index contributed by atoms with van der Waals surface area (Å²) >= 11 is 0. The molecule has 0 saturated heterocycles. The zero-order valence-electron chi connectivity index (χ0n) is 19.4. The van der Waals surface area contributed by atoms with E-state index in [1.807, 2.05) is 0 Å². The van der Waals surface area contributed by atoms with E-state index in [4.69, 9.17) is 0 Å². The van der Waals surface area contributed by atoms with E-state index in [9.17, 15) is 15.3 Å². The Hall–Kier alpha value is -0.120. The molecule has 0 radical (unpaired) electrons. The van der Waals surface area contributed by atoms with Crippen molar-refractivity contribution in [1.29, 1.82) is 0 Å². The van der Waals surface area contributed by atoms with Crippen LogP contribution in [0.5, 0.6) is 0 Å². The van der Waals surface area contributed by atoms with Gasteiger partial charge in [0, 0.05) is 12.0 Å². The summed E-state index contributed by atoms with van der Waals surface area (Å²) in [6.07, 6.45) is 26.9. The predicted octanol–water partition coefficient (Wildman–Crippen LogP) is 6.77. The smallest absolute Gasteiger partial charge is 0.0512 e. The Morgan fingerprint density at radius 2 is 0.759 bits per heavy atom. The van der Waals surface area contributed by atoms with Gasteiger partial charge >= 0.3 is 0 Å². The highest BCUT2D eigenvalue weighted by Gasteiger charge is 2.36. The highest BCUT2D eigenvalue weighted by Crippen LogP contribution is 2.36. The molecule has 1 saturated carbocycles. The molecule has 0 aromatic carbocycles. The number of aliphatic hydroxyl groups excluding tert-OH is 3. The largest absolute Gasteiger partial charge is 0.396 e. The van der Waals surface area contributed by atoms with Crippen molar-refractivity contribution in [2.24, 2.45) is 11.3 Å². The van der Waals surface area contributed by atoms with E-state index >= 15 is 0 Å². The van der Waals surface area contributed by atoms with Crippen molar-refractivity contribution < 1.29 is 15.3 Å². The predicted molar refractivity (Wildman–Crippen MR) is 124 cm³/mol. The Bertz CT molecular complexity index is 341. The van der Waals surface area contributed by atoms with Gasteiger partial charge < -0.3 is 15.3 Å². The summed E-state index contributed by atoms with van der Waals surface area (Å²) < 4.78 is 0. The first-order chi connectivity index (χ1) is 14.3. The summed E-state index contributed by atoms with van der Waals surface area (Å²) in [6.45, 7) is 0.0740. The SMILES string of the molecule is OCC1CCCCCCCCCCCCCCCCCCCCCC1(CO)CO. The lowest BCUT2D eigenvalue weighted by atomic mass is 9.71. The summed E-state index contributed by atoms with van der Waals surface area (Å²) in [5, 5.41) is 30.1.